The quantitative estimate of drug-likeness (QED) is 0.636. The zero-order valence-corrected chi connectivity index (χ0v) is 6.91. The van der Waals surface area contributed by atoms with Gasteiger partial charge in [0.05, 0.1) is 0 Å². The molecule has 0 saturated heterocycles. The maximum absolute atomic E-state index is 10.4. The van der Waals surface area contributed by atoms with Gasteiger partial charge < -0.3 is 0 Å². The van der Waals surface area contributed by atoms with Gasteiger partial charge in [-0.2, -0.15) is 0 Å². The average Bonchev–Trinajstić information content (AvgIpc) is 2.16. The summed E-state index contributed by atoms with van der Waals surface area (Å²) >= 11 is 0. The fourth-order valence-corrected chi connectivity index (χ4v) is 1.09. The van der Waals surface area contributed by atoms with E-state index in [1.807, 2.05) is 6.92 Å². The van der Waals surface area contributed by atoms with Crippen molar-refractivity contribution in [1.29, 1.82) is 0 Å². The standard InChI is InChI=1S/C10H10O2/c1-2-8-3-9(6-11)5-10(4-8)7-12/h3-7H,2H2,1H3. The molecule has 0 aliphatic carbocycles. The molecule has 12 heavy (non-hydrogen) atoms. The molecule has 62 valence electrons. The van der Waals surface area contributed by atoms with E-state index in [-0.39, 0.29) is 0 Å². The molecule has 0 spiro atoms. The zero-order chi connectivity index (χ0) is 8.97. The Balaban J connectivity index is 3.18. The summed E-state index contributed by atoms with van der Waals surface area (Å²) in [4.78, 5) is 20.9. The van der Waals surface area contributed by atoms with E-state index >= 15 is 0 Å². The summed E-state index contributed by atoms with van der Waals surface area (Å²) in [5, 5.41) is 0. The van der Waals surface area contributed by atoms with Crippen LogP contribution in [0.25, 0.3) is 0 Å². The topological polar surface area (TPSA) is 34.1 Å². The summed E-state index contributed by atoms with van der Waals surface area (Å²) in [6, 6.07) is 5.17. The molecule has 1 rings (SSSR count). The molecule has 0 fully saturated rings. The highest BCUT2D eigenvalue weighted by Crippen LogP contribution is 2.07. The van der Waals surface area contributed by atoms with Gasteiger partial charge in [-0.1, -0.05) is 6.92 Å². The first-order valence-corrected chi connectivity index (χ1v) is 3.84. The summed E-state index contributed by atoms with van der Waals surface area (Å²) in [5.41, 5.74) is 2.15. The molecule has 0 amide bonds. The van der Waals surface area contributed by atoms with Crippen LogP contribution in [0.4, 0.5) is 0 Å². The van der Waals surface area contributed by atoms with Gasteiger partial charge in [-0.3, -0.25) is 9.59 Å². The Hall–Kier alpha value is -1.44. The second kappa shape index (κ2) is 3.81. The minimum Gasteiger partial charge on any atom is -0.298 e. The van der Waals surface area contributed by atoms with E-state index in [0.29, 0.717) is 11.1 Å². The Bertz CT molecular complexity index is 276. The Morgan fingerprint density at radius 3 is 1.92 bits per heavy atom. The second-order valence-electron chi connectivity index (χ2n) is 2.60. The molecule has 1 aromatic carbocycles. The molecular formula is C10H10O2. The monoisotopic (exact) mass is 162 g/mol. The number of carbonyl (C=O) groups is 2. The second-order valence-corrected chi connectivity index (χ2v) is 2.60. The van der Waals surface area contributed by atoms with Gasteiger partial charge >= 0.3 is 0 Å². The van der Waals surface area contributed by atoms with Gasteiger partial charge in [-0.25, -0.2) is 0 Å². The van der Waals surface area contributed by atoms with Crippen molar-refractivity contribution in [2.75, 3.05) is 0 Å². The van der Waals surface area contributed by atoms with Crippen LogP contribution in [0.2, 0.25) is 0 Å². The number of carbonyl (C=O) groups excluding carboxylic acids is 2. The number of rotatable bonds is 3. The van der Waals surface area contributed by atoms with Crippen LogP contribution in [-0.4, -0.2) is 12.6 Å². The minimum absolute atomic E-state index is 0.566. The first-order chi connectivity index (χ1) is 5.80. The summed E-state index contributed by atoms with van der Waals surface area (Å²) in [6.45, 7) is 1.98. The minimum atomic E-state index is 0.566. The lowest BCUT2D eigenvalue weighted by atomic mass is 10.1. The molecule has 1 aromatic rings. The number of aldehydes is 2. The van der Waals surface area contributed by atoms with E-state index in [2.05, 4.69) is 0 Å². The SMILES string of the molecule is CCc1cc(C=O)cc(C=O)c1. The van der Waals surface area contributed by atoms with Crippen molar-refractivity contribution >= 4 is 12.6 Å². The lowest BCUT2D eigenvalue weighted by Gasteiger charge is -1.98. The molecule has 0 aliphatic heterocycles. The largest absolute Gasteiger partial charge is 0.298 e. The Kier molecular flexibility index (Phi) is 2.75. The van der Waals surface area contributed by atoms with Crippen molar-refractivity contribution < 1.29 is 9.59 Å². The van der Waals surface area contributed by atoms with Crippen molar-refractivity contribution in [2.24, 2.45) is 0 Å². The van der Waals surface area contributed by atoms with Crippen LogP contribution < -0.4 is 0 Å². The first kappa shape index (κ1) is 8.65. The predicted octanol–water partition coefficient (Wildman–Crippen LogP) is 1.87. The summed E-state index contributed by atoms with van der Waals surface area (Å²) < 4.78 is 0. The number of hydrogen-bond donors (Lipinski definition) is 0. The first-order valence-electron chi connectivity index (χ1n) is 3.84. The van der Waals surface area contributed by atoms with Crippen LogP contribution in [0.15, 0.2) is 18.2 Å². The molecule has 0 heterocycles. The van der Waals surface area contributed by atoms with Crippen LogP contribution in [0.3, 0.4) is 0 Å². The molecule has 2 nitrogen and oxygen atoms in total. The van der Waals surface area contributed by atoms with Crippen molar-refractivity contribution in [3.8, 4) is 0 Å². The fraction of sp³-hybridized carbons (Fsp3) is 0.200. The van der Waals surface area contributed by atoms with Crippen molar-refractivity contribution in [3.05, 3.63) is 34.9 Å². The molecule has 0 unspecified atom stereocenters. The predicted molar refractivity (Wildman–Crippen MR) is 46.6 cm³/mol. The normalized spacial score (nSPS) is 9.42. The maximum Gasteiger partial charge on any atom is 0.150 e. The van der Waals surface area contributed by atoms with Gasteiger partial charge in [0, 0.05) is 11.1 Å². The molecule has 0 N–H and O–H groups in total. The van der Waals surface area contributed by atoms with Gasteiger partial charge in [-0.15, -0.1) is 0 Å². The van der Waals surface area contributed by atoms with Gasteiger partial charge in [0.2, 0.25) is 0 Å². The van der Waals surface area contributed by atoms with Gasteiger partial charge in [0.25, 0.3) is 0 Å². The Morgan fingerprint density at radius 2 is 1.58 bits per heavy atom. The van der Waals surface area contributed by atoms with Gasteiger partial charge in [-0.05, 0) is 30.2 Å². The van der Waals surface area contributed by atoms with Crippen LogP contribution in [-0.2, 0) is 6.42 Å². The van der Waals surface area contributed by atoms with Crippen molar-refractivity contribution in [2.45, 2.75) is 13.3 Å². The number of hydrogen-bond acceptors (Lipinski definition) is 2. The lowest BCUT2D eigenvalue weighted by molar-refractivity contribution is 0.112. The molecular weight excluding hydrogens is 152 g/mol. The maximum atomic E-state index is 10.4. The number of benzene rings is 1. The highest BCUT2D eigenvalue weighted by Gasteiger charge is 1.97. The van der Waals surface area contributed by atoms with E-state index < -0.39 is 0 Å². The smallest absolute Gasteiger partial charge is 0.150 e. The van der Waals surface area contributed by atoms with Crippen LogP contribution in [0, 0.1) is 0 Å². The van der Waals surface area contributed by atoms with Crippen LogP contribution in [0.1, 0.15) is 33.2 Å². The third kappa shape index (κ3) is 1.78. The Morgan fingerprint density at radius 1 is 1.08 bits per heavy atom. The van der Waals surface area contributed by atoms with Crippen LogP contribution >= 0.6 is 0 Å². The number of aryl methyl sites for hydroxylation is 1. The highest BCUT2D eigenvalue weighted by molar-refractivity contribution is 5.82. The summed E-state index contributed by atoms with van der Waals surface area (Å²) in [5.74, 6) is 0. The van der Waals surface area contributed by atoms with Crippen molar-refractivity contribution in [1.82, 2.24) is 0 Å². The molecule has 0 saturated carbocycles. The van der Waals surface area contributed by atoms with Crippen molar-refractivity contribution in [3.63, 3.8) is 0 Å². The van der Waals surface area contributed by atoms with E-state index in [1.54, 1.807) is 18.2 Å². The fourth-order valence-electron chi connectivity index (χ4n) is 1.09. The van der Waals surface area contributed by atoms with E-state index in [1.165, 1.54) is 0 Å². The molecule has 0 aliphatic rings. The molecule has 0 bridgehead atoms. The van der Waals surface area contributed by atoms with Gasteiger partial charge in [0.1, 0.15) is 12.6 Å². The average molecular weight is 162 g/mol. The van der Waals surface area contributed by atoms with Crippen LogP contribution in [0.5, 0.6) is 0 Å². The van der Waals surface area contributed by atoms with Gasteiger partial charge in [0.15, 0.2) is 0 Å². The molecule has 0 atom stereocenters. The Labute approximate surface area is 71.2 Å². The third-order valence-electron chi connectivity index (χ3n) is 1.72. The summed E-state index contributed by atoms with van der Waals surface area (Å²) in [7, 11) is 0. The summed E-state index contributed by atoms with van der Waals surface area (Å²) in [6.07, 6.45) is 2.35. The molecule has 0 radical (unpaired) electrons. The zero-order valence-electron chi connectivity index (χ0n) is 6.91. The van der Waals surface area contributed by atoms with E-state index in [9.17, 15) is 9.59 Å². The van der Waals surface area contributed by atoms with E-state index in [0.717, 1.165) is 24.6 Å². The third-order valence-corrected chi connectivity index (χ3v) is 1.72. The molecule has 2 heteroatoms. The molecule has 0 aromatic heterocycles. The highest BCUT2D eigenvalue weighted by atomic mass is 16.1. The van der Waals surface area contributed by atoms with E-state index in [4.69, 9.17) is 0 Å². The lowest BCUT2D eigenvalue weighted by Crippen LogP contribution is -1.89.